The van der Waals surface area contributed by atoms with E-state index in [0.29, 0.717) is 18.7 Å². The molecule has 1 aliphatic heterocycles. The minimum Gasteiger partial charge on any atom is -0.454 e. The zero-order chi connectivity index (χ0) is 19.2. The minimum atomic E-state index is -0.0874. The number of aromatic nitrogens is 1. The highest BCUT2D eigenvalue weighted by Crippen LogP contribution is 2.32. The van der Waals surface area contributed by atoms with Crippen molar-refractivity contribution in [3.05, 3.63) is 59.4 Å². The Kier molecular flexibility index (Phi) is 5.75. The van der Waals surface area contributed by atoms with Gasteiger partial charge >= 0.3 is 0 Å². The van der Waals surface area contributed by atoms with Crippen LogP contribution in [0.25, 0.3) is 0 Å². The molecule has 1 aliphatic carbocycles. The van der Waals surface area contributed by atoms with Gasteiger partial charge in [0.25, 0.3) is 5.91 Å². The fourth-order valence-electron chi connectivity index (χ4n) is 3.49. The van der Waals surface area contributed by atoms with Gasteiger partial charge in [-0.1, -0.05) is 17.7 Å². The molecule has 0 fully saturated rings. The number of nitrogens with zero attached hydrogens (tertiary/aromatic N) is 1. The largest absolute Gasteiger partial charge is 0.454 e. The molecular formula is C22H25N3O3. The first-order chi connectivity index (χ1) is 13.8. The lowest BCUT2D eigenvalue weighted by atomic mass is 9.97. The zero-order valence-corrected chi connectivity index (χ0v) is 15.9. The summed E-state index contributed by atoms with van der Waals surface area (Å²) in [4.78, 5) is 16.6. The molecule has 0 saturated carbocycles. The molecule has 146 valence electrons. The van der Waals surface area contributed by atoms with Crippen LogP contribution in [0.15, 0.2) is 48.3 Å². The number of amides is 1. The van der Waals surface area contributed by atoms with E-state index >= 15 is 0 Å². The molecule has 0 spiro atoms. The summed E-state index contributed by atoms with van der Waals surface area (Å²) >= 11 is 0. The average molecular weight is 379 g/mol. The fourth-order valence-corrected chi connectivity index (χ4v) is 3.49. The molecule has 0 saturated heterocycles. The van der Waals surface area contributed by atoms with Gasteiger partial charge in [-0.2, -0.15) is 0 Å². The second-order valence-electron chi connectivity index (χ2n) is 7.12. The van der Waals surface area contributed by atoms with Crippen LogP contribution in [0.4, 0.5) is 5.69 Å². The number of fused-ring (bicyclic) bond motifs is 1. The smallest absolute Gasteiger partial charge is 0.252 e. The Morgan fingerprint density at radius 3 is 2.93 bits per heavy atom. The van der Waals surface area contributed by atoms with Crippen molar-refractivity contribution in [3.63, 3.8) is 0 Å². The summed E-state index contributed by atoms with van der Waals surface area (Å²) in [5.74, 6) is 1.45. The van der Waals surface area contributed by atoms with Crippen LogP contribution in [0.1, 0.15) is 48.0 Å². The van der Waals surface area contributed by atoms with Gasteiger partial charge in [-0.15, -0.1) is 0 Å². The predicted octanol–water partition coefficient (Wildman–Crippen LogP) is 4.04. The van der Waals surface area contributed by atoms with Crippen LogP contribution in [0.5, 0.6) is 11.5 Å². The summed E-state index contributed by atoms with van der Waals surface area (Å²) in [5, 5.41) is 6.30. The van der Waals surface area contributed by atoms with E-state index in [1.807, 2.05) is 24.3 Å². The Balaban J connectivity index is 1.29. The number of allylic oxidation sites excluding steroid dienone is 1. The normalized spacial score (nSPS) is 15.1. The molecule has 0 atom stereocenters. The Hall–Kier alpha value is -3.02. The van der Waals surface area contributed by atoms with E-state index < -0.39 is 0 Å². The molecular weight excluding hydrogens is 354 g/mol. The highest BCUT2D eigenvalue weighted by atomic mass is 16.7. The molecule has 2 aliphatic rings. The van der Waals surface area contributed by atoms with E-state index in [9.17, 15) is 4.79 Å². The lowest BCUT2D eigenvalue weighted by molar-refractivity contribution is 0.0953. The zero-order valence-electron chi connectivity index (χ0n) is 15.9. The molecule has 28 heavy (non-hydrogen) atoms. The van der Waals surface area contributed by atoms with Gasteiger partial charge in [0.1, 0.15) is 0 Å². The lowest BCUT2D eigenvalue weighted by Gasteiger charge is -2.13. The van der Waals surface area contributed by atoms with E-state index in [2.05, 4.69) is 21.7 Å². The summed E-state index contributed by atoms with van der Waals surface area (Å²) in [7, 11) is 0. The van der Waals surface area contributed by atoms with Crippen molar-refractivity contribution in [1.29, 1.82) is 0 Å². The van der Waals surface area contributed by atoms with Gasteiger partial charge in [0.2, 0.25) is 6.79 Å². The number of hydrogen-bond donors (Lipinski definition) is 2. The van der Waals surface area contributed by atoms with Crippen LogP contribution < -0.4 is 20.1 Å². The van der Waals surface area contributed by atoms with Crippen molar-refractivity contribution >= 4 is 11.6 Å². The predicted molar refractivity (Wildman–Crippen MR) is 108 cm³/mol. The summed E-state index contributed by atoms with van der Waals surface area (Å²) < 4.78 is 10.7. The van der Waals surface area contributed by atoms with E-state index in [0.717, 1.165) is 35.6 Å². The first kappa shape index (κ1) is 18.3. The quantitative estimate of drug-likeness (QED) is 0.710. The number of nitrogens with one attached hydrogen (secondary N) is 2. The monoisotopic (exact) mass is 379 g/mol. The highest BCUT2D eigenvalue weighted by Gasteiger charge is 2.13. The molecule has 0 radical (unpaired) electrons. The number of carbonyl (C=O) groups is 1. The van der Waals surface area contributed by atoms with Gasteiger partial charge in [-0.3, -0.25) is 9.78 Å². The van der Waals surface area contributed by atoms with Crippen molar-refractivity contribution in [2.24, 2.45) is 0 Å². The number of anilines is 1. The third kappa shape index (κ3) is 4.63. The van der Waals surface area contributed by atoms with E-state index in [4.69, 9.17) is 9.47 Å². The van der Waals surface area contributed by atoms with E-state index in [-0.39, 0.29) is 12.7 Å². The van der Waals surface area contributed by atoms with Crippen molar-refractivity contribution in [2.45, 2.75) is 38.6 Å². The van der Waals surface area contributed by atoms with Gasteiger partial charge in [-0.05, 0) is 55.9 Å². The van der Waals surface area contributed by atoms with Crippen LogP contribution in [-0.2, 0) is 6.54 Å². The number of hydrogen-bond acceptors (Lipinski definition) is 5. The SMILES string of the molecule is O=C(NCCC1=CCCCC1)c1cncc(NCc2ccc3c(c2)OCO3)c1. The maximum Gasteiger partial charge on any atom is 0.252 e. The van der Waals surface area contributed by atoms with E-state index in [1.165, 1.54) is 24.8 Å². The topological polar surface area (TPSA) is 72.5 Å². The lowest BCUT2D eigenvalue weighted by Crippen LogP contribution is -2.25. The van der Waals surface area contributed by atoms with Gasteiger partial charge in [0.05, 0.1) is 11.3 Å². The first-order valence-corrected chi connectivity index (χ1v) is 9.81. The van der Waals surface area contributed by atoms with Crippen molar-refractivity contribution in [3.8, 4) is 11.5 Å². The van der Waals surface area contributed by atoms with Crippen LogP contribution in [-0.4, -0.2) is 24.2 Å². The van der Waals surface area contributed by atoms with Gasteiger partial charge in [0.15, 0.2) is 11.5 Å². The van der Waals surface area contributed by atoms with Gasteiger partial charge < -0.3 is 20.1 Å². The summed E-state index contributed by atoms with van der Waals surface area (Å²) in [5.41, 5.74) is 3.90. The van der Waals surface area contributed by atoms with E-state index in [1.54, 1.807) is 12.4 Å². The number of rotatable bonds is 7. The molecule has 2 aromatic rings. The standard InChI is InChI=1S/C22H25N3O3/c26-22(24-9-8-16-4-2-1-3-5-16)18-11-19(14-23-13-18)25-12-17-6-7-20-21(10-17)28-15-27-20/h4,6-7,10-11,13-14,25H,1-3,5,8-9,12,15H2,(H,24,26). The minimum absolute atomic E-state index is 0.0874. The Bertz CT molecular complexity index is 879. The second-order valence-corrected chi connectivity index (χ2v) is 7.12. The molecule has 0 bridgehead atoms. The highest BCUT2D eigenvalue weighted by molar-refractivity contribution is 5.94. The number of pyridine rings is 1. The number of benzene rings is 1. The van der Waals surface area contributed by atoms with Crippen molar-refractivity contribution in [1.82, 2.24) is 10.3 Å². The molecule has 0 unspecified atom stereocenters. The molecule has 2 N–H and O–H groups in total. The van der Waals surface area contributed by atoms with Crippen molar-refractivity contribution < 1.29 is 14.3 Å². The van der Waals surface area contributed by atoms with Gasteiger partial charge in [-0.25, -0.2) is 0 Å². The third-order valence-electron chi connectivity index (χ3n) is 5.05. The Morgan fingerprint density at radius 1 is 1.11 bits per heavy atom. The average Bonchev–Trinajstić information content (AvgIpc) is 3.21. The summed E-state index contributed by atoms with van der Waals surface area (Å²) in [6.07, 6.45) is 11.5. The fraction of sp³-hybridized carbons (Fsp3) is 0.364. The molecule has 1 amide bonds. The summed E-state index contributed by atoms with van der Waals surface area (Å²) in [6.45, 7) is 1.54. The van der Waals surface area contributed by atoms with Crippen molar-refractivity contribution in [2.75, 3.05) is 18.7 Å². The van der Waals surface area contributed by atoms with Crippen LogP contribution in [0.3, 0.4) is 0 Å². The maximum absolute atomic E-state index is 12.4. The molecule has 6 nitrogen and oxygen atoms in total. The number of ether oxygens (including phenoxy) is 2. The van der Waals surface area contributed by atoms with Gasteiger partial charge in [0, 0.05) is 25.5 Å². The van der Waals surface area contributed by atoms with Crippen LogP contribution in [0, 0.1) is 0 Å². The van der Waals surface area contributed by atoms with Crippen LogP contribution >= 0.6 is 0 Å². The molecule has 1 aromatic heterocycles. The summed E-state index contributed by atoms with van der Waals surface area (Å²) in [6, 6.07) is 7.68. The first-order valence-electron chi connectivity index (χ1n) is 9.81. The van der Waals surface area contributed by atoms with Crippen LogP contribution in [0.2, 0.25) is 0 Å². The molecule has 4 rings (SSSR count). The maximum atomic E-state index is 12.4. The Labute approximate surface area is 165 Å². The Morgan fingerprint density at radius 2 is 2.04 bits per heavy atom. The molecule has 1 aromatic carbocycles. The molecule has 6 heteroatoms. The number of carbonyl (C=O) groups excluding carboxylic acids is 1. The second kappa shape index (κ2) is 8.78. The third-order valence-corrected chi connectivity index (χ3v) is 5.05. The molecule has 2 heterocycles.